The van der Waals surface area contributed by atoms with E-state index in [0.717, 1.165) is 25.7 Å². The van der Waals surface area contributed by atoms with Crippen LogP contribution in [0.1, 0.15) is 31.2 Å². The number of carbonyl (C=O) groups excluding carboxylic acids is 2. The third-order valence-electron chi connectivity index (χ3n) is 4.73. The molecular weight excluding hydrogens is 325 g/mol. The molecule has 1 heterocycles. The molecule has 1 atom stereocenters. The second-order valence-electron chi connectivity index (χ2n) is 6.66. The van der Waals surface area contributed by atoms with Gasteiger partial charge in [-0.15, -0.1) is 0 Å². The molecule has 25 heavy (non-hydrogen) atoms. The number of benzene rings is 1. The molecule has 3 amide bonds. The smallest absolute Gasteiger partial charge is 0.409 e. The van der Waals surface area contributed by atoms with Crippen molar-refractivity contribution >= 4 is 12.1 Å². The Morgan fingerprint density at radius 3 is 2.76 bits per heavy atom. The molecule has 136 valence electrons. The van der Waals surface area contributed by atoms with Gasteiger partial charge >= 0.3 is 12.1 Å². The number of halogens is 1. The molecule has 1 aromatic carbocycles. The van der Waals surface area contributed by atoms with E-state index in [4.69, 9.17) is 4.74 Å². The maximum absolute atomic E-state index is 13.9. The van der Waals surface area contributed by atoms with Gasteiger partial charge in [-0.2, -0.15) is 0 Å². The number of amides is 3. The normalized spacial score (nSPS) is 20.1. The Hall–Kier alpha value is -2.31. The van der Waals surface area contributed by atoms with Gasteiger partial charge in [0.1, 0.15) is 5.82 Å². The van der Waals surface area contributed by atoms with E-state index < -0.39 is 0 Å². The maximum Gasteiger partial charge on any atom is 0.409 e. The average Bonchev–Trinajstić information content (AvgIpc) is 3.45. The summed E-state index contributed by atoms with van der Waals surface area (Å²) in [5.74, 6) is -0.296. The van der Waals surface area contributed by atoms with Crippen molar-refractivity contribution in [2.24, 2.45) is 0 Å². The molecule has 1 aromatic rings. The van der Waals surface area contributed by atoms with E-state index in [1.54, 1.807) is 28.0 Å². The summed E-state index contributed by atoms with van der Waals surface area (Å²) in [5, 5.41) is 3.00. The number of likely N-dealkylation sites (tertiary alicyclic amines) is 1. The van der Waals surface area contributed by atoms with Crippen LogP contribution < -0.4 is 5.32 Å². The van der Waals surface area contributed by atoms with Crippen molar-refractivity contribution < 1.29 is 18.7 Å². The number of nitrogens with zero attached hydrogens (tertiary/aromatic N) is 2. The lowest BCUT2D eigenvalue weighted by Gasteiger charge is -2.33. The Labute approximate surface area is 146 Å². The van der Waals surface area contributed by atoms with E-state index in [9.17, 15) is 14.0 Å². The molecule has 1 saturated heterocycles. The molecule has 1 N–H and O–H groups in total. The zero-order valence-corrected chi connectivity index (χ0v) is 14.4. The highest BCUT2D eigenvalue weighted by atomic mass is 19.1. The summed E-state index contributed by atoms with van der Waals surface area (Å²) in [7, 11) is 1.35. The van der Waals surface area contributed by atoms with Crippen LogP contribution in [0.5, 0.6) is 0 Å². The topological polar surface area (TPSA) is 61.9 Å². The molecule has 0 aromatic heterocycles. The molecule has 0 spiro atoms. The lowest BCUT2D eigenvalue weighted by molar-refractivity contribution is 0.106. The first-order chi connectivity index (χ1) is 12.1. The number of rotatable bonds is 4. The first-order valence-corrected chi connectivity index (χ1v) is 8.72. The molecule has 3 rings (SSSR count). The average molecular weight is 349 g/mol. The quantitative estimate of drug-likeness (QED) is 0.909. The minimum Gasteiger partial charge on any atom is -0.453 e. The van der Waals surface area contributed by atoms with E-state index in [2.05, 4.69) is 5.32 Å². The molecule has 1 aliphatic carbocycles. The van der Waals surface area contributed by atoms with Crippen molar-refractivity contribution in [1.82, 2.24) is 15.1 Å². The van der Waals surface area contributed by atoms with Crippen molar-refractivity contribution in [3.8, 4) is 0 Å². The third-order valence-corrected chi connectivity index (χ3v) is 4.73. The van der Waals surface area contributed by atoms with Crippen LogP contribution in [0, 0.1) is 5.82 Å². The number of carbonyl (C=O) groups is 2. The van der Waals surface area contributed by atoms with Crippen molar-refractivity contribution in [2.75, 3.05) is 20.2 Å². The molecular formula is C18H24FN3O3. The highest BCUT2D eigenvalue weighted by Gasteiger charge is 2.34. The van der Waals surface area contributed by atoms with Gasteiger partial charge < -0.3 is 19.9 Å². The second kappa shape index (κ2) is 7.72. The highest BCUT2D eigenvalue weighted by molar-refractivity contribution is 5.75. The van der Waals surface area contributed by atoms with Gasteiger partial charge in [-0.05, 0) is 31.7 Å². The summed E-state index contributed by atoms with van der Waals surface area (Å²) < 4.78 is 18.7. The zero-order chi connectivity index (χ0) is 17.8. The fraction of sp³-hybridized carbons (Fsp3) is 0.556. The van der Waals surface area contributed by atoms with Gasteiger partial charge in [0.05, 0.1) is 13.7 Å². The van der Waals surface area contributed by atoms with Gasteiger partial charge in [-0.1, -0.05) is 18.2 Å². The Balaban J connectivity index is 1.61. The van der Waals surface area contributed by atoms with Crippen molar-refractivity contribution in [3.05, 3.63) is 35.6 Å². The molecule has 0 bridgehead atoms. The van der Waals surface area contributed by atoms with Gasteiger partial charge in [0, 0.05) is 30.7 Å². The minimum atomic E-state index is -0.371. The Kier molecular flexibility index (Phi) is 5.40. The number of nitrogens with one attached hydrogen (secondary N) is 1. The predicted octanol–water partition coefficient (Wildman–Crippen LogP) is 2.73. The summed E-state index contributed by atoms with van der Waals surface area (Å²) in [5.41, 5.74) is 0.518. The standard InChI is InChI=1S/C18H24FN3O3/c1-25-18(24)21-10-4-6-14(12-21)20-17(23)22(15-8-9-15)11-13-5-2-3-7-16(13)19/h2-3,5,7,14-15H,4,6,8-12H2,1H3,(H,20,23)/t14-/m1/s1. The van der Waals surface area contributed by atoms with Crippen LogP contribution in [0.15, 0.2) is 24.3 Å². The number of hydrogen-bond acceptors (Lipinski definition) is 3. The fourth-order valence-corrected chi connectivity index (χ4v) is 3.21. The van der Waals surface area contributed by atoms with E-state index in [1.165, 1.54) is 13.2 Å². The Bertz CT molecular complexity index is 636. The van der Waals surface area contributed by atoms with Crippen molar-refractivity contribution in [3.63, 3.8) is 0 Å². The van der Waals surface area contributed by atoms with Crippen LogP contribution >= 0.6 is 0 Å². The molecule has 0 radical (unpaired) electrons. The summed E-state index contributed by atoms with van der Waals surface area (Å²) in [4.78, 5) is 27.7. The Morgan fingerprint density at radius 1 is 1.32 bits per heavy atom. The molecule has 1 saturated carbocycles. The third kappa shape index (κ3) is 4.41. The minimum absolute atomic E-state index is 0.109. The first kappa shape index (κ1) is 17.5. The summed E-state index contributed by atoms with van der Waals surface area (Å²) in [6.07, 6.45) is 3.15. The van der Waals surface area contributed by atoms with Crippen LogP contribution in [0.2, 0.25) is 0 Å². The first-order valence-electron chi connectivity index (χ1n) is 8.72. The van der Waals surface area contributed by atoms with E-state index in [-0.39, 0.29) is 36.6 Å². The van der Waals surface area contributed by atoms with E-state index >= 15 is 0 Å². The van der Waals surface area contributed by atoms with Gasteiger partial charge in [-0.25, -0.2) is 14.0 Å². The van der Waals surface area contributed by atoms with Gasteiger partial charge in [0.25, 0.3) is 0 Å². The number of urea groups is 1. The van der Waals surface area contributed by atoms with Crippen LogP contribution in [0.3, 0.4) is 0 Å². The van der Waals surface area contributed by atoms with E-state index in [1.807, 2.05) is 0 Å². The van der Waals surface area contributed by atoms with Crippen molar-refractivity contribution in [2.45, 2.75) is 44.3 Å². The molecule has 7 heteroatoms. The number of ether oxygens (including phenoxy) is 1. The van der Waals surface area contributed by atoms with Crippen LogP contribution in [0.25, 0.3) is 0 Å². The van der Waals surface area contributed by atoms with Crippen LogP contribution in [-0.4, -0.2) is 54.2 Å². The summed E-state index contributed by atoms with van der Waals surface area (Å²) in [6, 6.07) is 6.40. The van der Waals surface area contributed by atoms with E-state index in [0.29, 0.717) is 18.7 Å². The monoisotopic (exact) mass is 349 g/mol. The largest absolute Gasteiger partial charge is 0.453 e. The van der Waals surface area contributed by atoms with Gasteiger partial charge in [-0.3, -0.25) is 0 Å². The second-order valence-corrected chi connectivity index (χ2v) is 6.66. The predicted molar refractivity (Wildman–Crippen MR) is 90.5 cm³/mol. The molecule has 2 aliphatic rings. The SMILES string of the molecule is COC(=O)N1CCC[C@@H](NC(=O)N(Cc2ccccc2F)C2CC2)C1. The highest BCUT2D eigenvalue weighted by Crippen LogP contribution is 2.29. The maximum atomic E-state index is 13.9. The lowest BCUT2D eigenvalue weighted by Crippen LogP contribution is -2.53. The number of piperidine rings is 1. The lowest BCUT2D eigenvalue weighted by atomic mass is 10.1. The molecule has 1 aliphatic heterocycles. The fourth-order valence-electron chi connectivity index (χ4n) is 3.21. The Morgan fingerprint density at radius 2 is 2.08 bits per heavy atom. The van der Waals surface area contributed by atoms with Gasteiger partial charge in [0.2, 0.25) is 0 Å². The van der Waals surface area contributed by atoms with Crippen LogP contribution in [-0.2, 0) is 11.3 Å². The van der Waals surface area contributed by atoms with Crippen molar-refractivity contribution in [1.29, 1.82) is 0 Å². The number of hydrogen-bond donors (Lipinski definition) is 1. The molecule has 2 fully saturated rings. The summed E-state index contributed by atoms with van der Waals surface area (Å²) in [6.45, 7) is 1.34. The van der Waals surface area contributed by atoms with Crippen LogP contribution in [0.4, 0.5) is 14.0 Å². The summed E-state index contributed by atoms with van der Waals surface area (Å²) >= 11 is 0. The number of methoxy groups -OCH3 is 1. The molecule has 0 unspecified atom stereocenters. The zero-order valence-electron chi connectivity index (χ0n) is 14.4. The van der Waals surface area contributed by atoms with Gasteiger partial charge in [0.15, 0.2) is 0 Å². The molecule has 6 nitrogen and oxygen atoms in total.